The lowest BCUT2D eigenvalue weighted by atomic mass is 10.2. The highest BCUT2D eigenvalue weighted by atomic mass is 32.1. The SMILES string of the molecule is Cc1cc(C)n(-c2ccc(C(=O)NC(C)c3nc(-c4ccccc4)cs3)cn2)n1. The summed E-state index contributed by atoms with van der Waals surface area (Å²) in [4.78, 5) is 21.7. The van der Waals surface area contributed by atoms with Crippen molar-refractivity contribution >= 4 is 17.2 Å². The molecular formula is C22H21N5OS. The lowest BCUT2D eigenvalue weighted by Gasteiger charge is -2.11. The van der Waals surface area contributed by atoms with Crippen molar-refractivity contribution in [2.24, 2.45) is 0 Å². The molecule has 0 aliphatic rings. The molecule has 1 aromatic carbocycles. The summed E-state index contributed by atoms with van der Waals surface area (Å²) in [6.45, 7) is 5.85. The van der Waals surface area contributed by atoms with Crippen LogP contribution < -0.4 is 5.32 Å². The van der Waals surface area contributed by atoms with Crippen molar-refractivity contribution in [2.45, 2.75) is 26.8 Å². The van der Waals surface area contributed by atoms with Crippen molar-refractivity contribution < 1.29 is 4.79 Å². The molecule has 3 aromatic heterocycles. The van der Waals surface area contributed by atoms with Crippen LogP contribution in [0.3, 0.4) is 0 Å². The maximum atomic E-state index is 12.6. The number of nitrogens with one attached hydrogen (secondary N) is 1. The molecule has 6 nitrogen and oxygen atoms in total. The quantitative estimate of drug-likeness (QED) is 0.533. The summed E-state index contributed by atoms with van der Waals surface area (Å²) < 4.78 is 1.76. The Morgan fingerprint density at radius 3 is 2.59 bits per heavy atom. The summed E-state index contributed by atoms with van der Waals surface area (Å²) in [6.07, 6.45) is 1.57. The topological polar surface area (TPSA) is 72.7 Å². The maximum Gasteiger partial charge on any atom is 0.253 e. The minimum Gasteiger partial charge on any atom is -0.343 e. The van der Waals surface area contributed by atoms with Gasteiger partial charge in [-0.2, -0.15) is 5.10 Å². The van der Waals surface area contributed by atoms with E-state index in [1.54, 1.807) is 34.3 Å². The summed E-state index contributed by atoms with van der Waals surface area (Å²) in [5.74, 6) is 0.508. The average Bonchev–Trinajstić information content (AvgIpc) is 3.35. The van der Waals surface area contributed by atoms with Gasteiger partial charge in [0.15, 0.2) is 5.82 Å². The summed E-state index contributed by atoms with van der Waals surface area (Å²) in [5, 5.41) is 10.3. The van der Waals surface area contributed by atoms with Crippen LogP contribution in [0.15, 0.2) is 60.1 Å². The Hall–Kier alpha value is -3.32. The normalized spacial score (nSPS) is 12.0. The second-order valence-corrected chi connectivity index (χ2v) is 7.77. The molecule has 146 valence electrons. The first kappa shape index (κ1) is 19.0. The Labute approximate surface area is 173 Å². The van der Waals surface area contributed by atoms with E-state index in [4.69, 9.17) is 0 Å². The van der Waals surface area contributed by atoms with E-state index in [-0.39, 0.29) is 11.9 Å². The number of aromatic nitrogens is 4. The van der Waals surface area contributed by atoms with Gasteiger partial charge in [-0.25, -0.2) is 14.6 Å². The number of hydrogen-bond acceptors (Lipinski definition) is 5. The summed E-state index contributed by atoms with van der Waals surface area (Å²) in [6, 6.07) is 15.4. The first-order chi connectivity index (χ1) is 14.0. The van der Waals surface area contributed by atoms with Crippen molar-refractivity contribution in [3.63, 3.8) is 0 Å². The van der Waals surface area contributed by atoms with E-state index in [2.05, 4.69) is 20.4 Å². The smallest absolute Gasteiger partial charge is 0.253 e. The first-order valence-corrected chi connectivity index (χ1v) is 10.2. The van der Waals surface area contributed by atoms with Crippen molar-refractivity contribution in [3.8, 4) is 17.1 Å². The number of pyridine rings is 1. The predicted molar refractivity (Wildman–Crippen MR) is 114 cm³/mol. The highest BCUT2D eigenvalue weighted by Gasteiger charge is 2.16. The standard InChI is InChI=1S/C22H21N5OS/c1-14-11-15(2)27(26-14)20-10-9-18(12-23-20)21(28)24-16(3)22-25-19(13-29-22)17-7-5-4-6-8-17/h4-13,16H,1-3H3,(H,24,28). The van der Waals surface area contributed by atoms with Crippen LogP contribution in [-0.2, 0) is 0 Å². The van der Waals surface area contributed by atoms with Gasteiger partial charge in [-0.3, -0.25) is 4.79 Å². The van der Waals surface area contributed by atoms with Crippen molar-refractivity contribution in [1.82, 2.24) is 25.1 Å². The van der Waals surface area contributed by atoms with Gasteiger partial charge >= 0.3 is 0 Å². The van der Waals surface area contributed by atoms with Gasteiger partial charge in [-0.05, 0) is 39.0 Å². The third kappa shape index (κ3) is 4.09. The van der Waals surface area contributed by atoms with E-state index in [1.807, 2.05) is 62.5 Å². The molecular weight excluding hydrogens is 382 g/mol. The number of rotatable bonds is 5. The van der Waals surface area contributed by atoms with Crippen LogP contribution in [0, 0.1) is 13.8 Å². The molecule has 0 saturated carbocycles. The predicted octanol–water partition coefficient (Wildman–Crippen LogP) is 4.50. The molecule has 1 atom stereocenters. The van der Waals surface area contributed by atoms with E-state index in [9.17, 15) is 4.79 Å². The molecule has 1 amide bonds. The van der Waals surface area contributed by atoms with Gasteiger partial charge in [-0.15, -0.1) is 11.3 Å². The van der Waals surface area contributed by atoms with Gasteiger partial charge in [-0.1, -0.05) is 30.3 Å². The zero-order valence-corrected chi connectivity index (χ0v) is 17.3. The molecule has 0 radical (unpaired) electrons. The molecule has 29 heavy (non-hydrogen) atoms. The third-order valence-electron chi connectivity index (χ3n) is 4.55. The Bertz CT molecular complexity index is 1130. The Morgan fingerprint density at radius 1 is 1.14 bits per heavy atom. The minimum absolute atomic E-state index is 0.179. The molecule has 4 rings (SSSR count). The number of carbonyl (C=O) groups excluding carboxylic acids is 1. The van der Waals surface area contributed by atoms with Crippen molar-refractivity contribution in [3.05, 3.63) is 82.1 Å². The van der Waals surface area contributed by atoms with E-state index < -0.39 is 0 Å². The maximum absolute atomic E-state index is 12.6. The number of thiazole rings is 1. The molecule has 0 fully saturated rings. The third-order valence-corrected chi connectivity index (χ3v) is 5.57. The highest BCUT2D eigenvalue weighted by Crippen LogP contribution is 2.25. The zero-order valence-electron chi connectivity index (χ0n) is 16.5. The lowest BCUT2D eigenvalue weighted by Crippen LogP contribution is -2.26. The molecule has 7 heteroatoms. The number of hydrogen-bond donors (Lipinski definition) is 1. The molecule has 1 unspecified atom stereocenters. The fourth-order valence-electron chi connectivity index (χ4n) is 3.08. The molecule has 0 bridgehead atoms. The molecule has 4 aromatic rings. The molecule has 0 spiro atoms. The largest absolute Gasteiger partial charge is 0.343 e. The average molecular weight is 404 g/mol. The minimum atomic E-state index is -0.194. The summed E-state index contributed by atoms with van der Waals surface area (Å²) in [5.41, 5.74) is 4.42. The molecule has 0 aliphatic carbocycles. The number of aryl methyl sites for hydroxylation is 2. The highest BCUT2D eigenvalue weighted by molar-refractivity contribution is 7.10. The Morgan fingerprint density at radius 2 is 1.93 bits per heavy atom. The summed E-state index contributed by atoms with van der Waals surface area (Å²) in [7, 11) is 0. The monoisotopic (exact) mass is 403 g/mol. The van der Waals surface area contributed by atoms with Crippen LogP contribution in [0.2, 0.25) is 0 Å². The zero-order chi connectivity index (χ0) is 20.4. The van der Waals surface area contributed by atoms with E-state index in [1.165, 1.54) is 0 Å². The second kappa shape index (κ2) is 7.97. The van der Waals surface area contributed by atoms with Gasteiger partial charge in [0.25, 0.3) is 5.91 Å². The van der Waals surface area contributed by atoms with Crippen LogP contribution >= 0.6 is 11.3 Å². The summed E-state index contributed by atoms with van der Waals surface area (Å²) >= 11 is 1.54. The first-order valence-electron chi connectivity index (χ1n) is 9.32. The van der Waals surface area contributed by atoms with Gasteiger partial charge in [0, 0.05) is 22.8 Å². The Balaban J connectivity index is 1.45. The van der Waals surface area contributed by atoms with Gasteiger partial charge in [0.05, 0.1) is 23.0 Å². The van der Waals surface area contributed by atoms with E-state index in [0.717, 1.165) is 27.7 Å². The van der Waals surface area contributed by atoms with Crippen molar-refractivity contribution in [2.75, 3.05) is 0 Å². The number of amides is 1. The van der Waals surface area contributed by atoms with Crippen LogP contribution in [0.25, 0.3) is 17.1 Å². The molecule has 1 N–H and O–H groups in total. The molecule has 0 saturated heterocycles. The van der Waals surface area contributed by atoms with Crippen LogP contribution in [-0.4, -0.2) is 25.7 Å². The fraction of sp³-hybridized carbons (Fsp3) is 0.182. The Kier molecular flexibility index (Phi) is 5.22. The van der Waals surface area contributed by atoms with Crippen molar-refractivity contribution in [1.29, 1.82) is 0 Å². The number of nitrogens with zero attached hydrogens (tertiary/aromatic N) is 4. The second-order valence-electron chi connectivity index (χ2n) is 6.88. The lowest BCUT2D eigenvalue weighted by molar-refractivity contribution is 0.0939. The number of carbonyl (C=O) groups is 1. The van der Waals surface area contributed by atoms with Gasteiger partial charge in [0.1, 0.15) is 5.01 Å². The van der Waals surface area contributed by atoms with Crippen LogP contribution in [0.1, 0.15) is 39.7 Å². The fourth-order valence-corrected chi connectivity index (χ4v) is 3.91. The molecule has 3 heterocycles. The van der Waals surface area contributed by atoms with Crippen LogP contribution in [0.4, 0.5) is 0 Å². The molecule has 0 aliphatic heterocycles. The van der Waals surface area contributed by atoms with Gasteiger partial charge in [0.2, 0.25) is 0 Å². The number of benzene rings is 1. The van der Waals surface area contributed by atoms with E-state index in [0.29, 0.717) is 11.4 Å². The van der Waals surface area contributed by atoms with Crippen LogP contribution in [0.5, 0.6) is 0 Å². The van der Waals surface area contributed by atoms with Gasteiger partial charge < -0.3 is 5.32 Å². The van der Waals surface area contributed by atoms with E-state index >= 15 is 0 Å².